The first kappa shape index (κ1) is 12.7. The first-order valence-corrected chi connectivity index (χ1v) is 6.30. The van der Waals surface area contributed by atoms with Gasteiger partial charge in [0.25, 0.3) is 0 Å². The monoisotopic (exact) mass is 241 g/mol. The quantitative estimate of drug-likeness (QED) is 0.883. The van der Waals surface area contributed by atoms with E-state index in [0.717, 1.165) is 23.5 Å². The van der Waals surface area contributed by atoms with Crippen molar-refractivity contribution in [3.63, 3.8) is 0 Å². The zero-order valence-electron chi connectivity index (χ0n) is 10.9. The summed E-state index contributed by atoms with van der Waals surface area (Å²) in [6.07, 6.45) is 0.968. The van der Waals surface area contributed by atoms with Crippen LogP contribution in [0.2, 0.25) is 0 Å². The van der Waals surface area contributed by atoms with Gasteiger partial charge in [0.1, 0.15) is 11.5 Å². The molecule has 0 atom stereocenters. The van der Waals surface area contributed by atoms with Crippen molar-refractivity contribution in [1.82, 2.24) is 0 Å². The lowest BCUT2D eigenvalue weighted by Gasteiger charge is -2.11. The van der Waals surface area contributed by atoms with Crippen molar-refractivity contribution >= 4 is 0 Å². The summed E-state index contributed by atoms with van der Waals surface area (Å²) in [6, 6.07) is 14.2. The molecule has 0 aliphatic heterocycles. The first-order chi connectivity index (χ1) is 8.74. The molecule has 0 saturated carbocycles. The molecular formula is C16H19NO. The minimum Gasteiger partial charge on any atom is -0.457 e. The molecule has 0 fully saturated rings. The van der Waals surface area contributed by atoms with Gasteiger partial charge in [-0.25, -0.2) is 0 Å². The van der Waals surface area contributed by atoms with Gasteiger partial charge in [-0.15, -0.1) is 0 Å². The Kier molecular flexibility index (Phi) is 4.00. The molecule has 2 aromatic carbocycles. The molecule has 2 heteroatoms. The fraction of sp³-hybridized carbons (Fsp3) is 0.250. The maximum Gasteiger partial charge on any atom is 0.130 e. The van der Waals surface area contributed by atoms with E-state index in [-0.39, 0.29) is 0 Å². The van der Waals surface area contributed by atoms with Crippen molar-refractivity contribution in [3.05, 3.63) is 59.2 Å². The van der Waals surface area contributed by atoms with E-state index in [9.17, 15) is 0 Å². The van der Waals surface area contributed by atoms with Gasteiger partial charge in [0.15, 0.2) is 0 Å². The number of benzene rings is 2. The lowest BCUT2D eigenvalue weighted by atomic mass is 10.1. The molecule has 94 valence electrons. The van der Waals surface area contributed by atoms with E-state index in [2.05, 4.69) is 19.9 Å². The van der Waals surface area contributed by atoms with Crippen molar-refractivity contribution in [2.75, 3.05) is 0 Å². The molecule has 0 bridgehead atoms. The zero-order chi connectivity index (χ0) is 13.0. The number of nitrogens with two attached hydrogens (primary N) is 1. The SMILES string of the molecule is CCc1ccccc1Oc1ccc(CN)c(C)c1. The van der Waals surface area contributed by atoms with Crippen molar-refractivity contribution in [1.29, 1.82) is 0 Å². The summed E-state index contributed by atoms with van der Waals surface area (Å²) in [5, 5.41) is 0. The highest BCUT2D eigenvalue weighted by atomic mass is 16.5. The normalized spacial score (nSPS) is 10.4. The summed E-state index contributed by atoms with van der Waals surface area (Å²) in [7, 11) is 0. The molecule has 2 N–H and O–H groups in total. The van der Waals surface area contributed by atoms with Gasteiger partial charge in [-0.05, 0) is 48.2 Å². The third-order valence-corrected chi connectivity index (χ3v) is 3.12. The second-order valence-electron chi connectivity index (χ2n) is 4.36. The van der Waals surface area contributed by atoms with Crippen LogP contribution in [0.3, 0.4) is 0 Å². The molecule has 0 amide bonds. The summed E-state index contributed by atoms with van der Waals surface area (Å²) in [4.78, 5) is 0. The molecule has 0 aromatic heterocycles. The van der Waals surface area contributed by atoms with E-state index in [4.69, 9.17) is 10.5 Å². The number of rotatable bonds is 4. The summed E-state index contributed by atoms with van der Waals surface area (Å²) < 4.78 is 5.94. The van der Waals surface area contributed by atoms with Crippen molar-refractivity contribution in [3.8, 4) is 11.5 Å². The van der Waals surface area contributed by atoms with Gasteiger partial charge in [-0.2, -0.15) is 0 Å². The Morgan fingerprint density at radius 2 is 1.83 bits per heavy atom. The smallest absolute Gasteiger partial charge is 0.130 e. The van der Waals surface area contributed by atoms with Crippen LogP contribution >= 0.6 is 0 Å². The van der Waals surface area contributed by atoms with Crippen LogP contribution in [-0.2, 0) is 13.0 Å². The van der Waals surface area contributed by atoms with Gasteiger partial charge >= 0.3 is 0 Å². The summed E-state index contributed by atoms with van der Waals surface area (Å²) in [5.41, 5.74) is 9.21. The molecule has 0 saturated heterocycles. The van der Waals surface area contributed by atoms with Crippen LogP contribution in [0.5, 0.6) is 11.5 Å². The van der Waals surface area contributed by atoms with Gasteiger partial charge in [-0.1, -0.05) is 31.2 Å². The lowest BCUT2D eigenvalue weighted by molar-refractivity contribution is 0.476. The van der Waals surface area contributed by atoms with E-state index < -0.39 is 0 Å². The molecule has 2 nitrogen and oxygen atoms in total. The van der Waals surface area contributed by atoms with Crippen LogP contribution in [0.4, 0.5) is 0 Å². The van der Waals surface area contributed by atoms with E-state index in [1.165, 1.54) is 11.1 Å². The molecule has 0 aliphatic carbocycles. The van der Waals surface area contributed by atoms with Crippen LogP contribution in [0.15, 0.2) is 42.5 Å². The molecular weight excluding hydrogens is 222 g/mol. The Bertz CT molecular complexity index is 534. The summed E-state index contributed by atoms with van der Waals surface area (Å²) >= 11 is 0. The van der Waals surface area contributed by atoms with Crippen molar-refractivity contribution < 1.29 is 4.74 Å². The third kappa shape index (κ3) is 2.71. The maximum absolute atomic E-state index is 5.94. The predicted octanol–water partition coefficient (Wildman–Crippen LogP) is 3.81. The second kappa shape index (κ2) is 5.69. The number of ether oxygens (including phenoxy) is 1. The highest BCUT2D eigenvalue weighted by Crippen LogP contribution is 2.27. The highest BCUT2D eigenvalue weighted by molar-refractivity contribution is 5.40. The first-order valence-electron chi connectivity index (χ1n) is 6.30. The molecule has 0 unspecified atom stereocenters. The Morgan fingerprint density at radius 3 is 2.50 bits per heavy atom. The molecule has 0 heterocycles. The molecule has 0 radical (unpaired) electrons. The average molecular weight is 241 g/mol. The fourth-order valence-corrected chi connectivity index (χ4v) is 1.98. The van der Waals surface area contributed by atoms with Gasteiger partial charge in [0.2, 0.25) is 0 Å². The van der Waals surface area contributed by atoms with E-state index in [0.29, 0.717) is 6.54 Å². The van der Waals surface area contributed by atoms with E-state index >= 15 is 0 Å². The van der Waals surface area contributed by atoms with E-state index in [1.807, 2.05) is 36.4 Å². The van der Waals surface area contributed by atoms with E-state index in [1.54, 1.807) is 0 Å². The largest absolute Gasteiger partial charge is 0.457 e. The van der Waals surface area contributed by atoms with Gasteiger partial charge in [0, 0.05) is 6.54 Å². The third-order valence-electron chi connectivity index (χ3n) is 3.12. The Labute approximate surface area is 108 Å². The Morgan fingerprint density at radius 1 is 1.06 bits per heavy atom. The number of hydrogen-bond acceptors (Lipinski definition) is 2. The fourth-order valence-electron chi connectivity index (χ4n) is 1.98. The number of aryl methyl sites for hydroxylation is 2. The Hall–Kier alpha value is -1.80. The predicted molar refractivity (Wildman–Crippen MR) is 75.0 cm³/mol. The highest BCUT2D eigenvalue weighted by Gasteiger charge is 2.04. The molecule has 0 spiro atoms. The van der Waals surface area contributed by atoms with Gasteiger partial charge in [-0.3, -0.25) is 0 Å². The lowest BCUT2D eigenvalue weighted by Crippen LogP contribution is -1.99. The standard InChI is InChI=1S/C16H19NO/c1-3-13-6-4-5-7-16(13)18-15-9-8-14(11-17)12(2)10-15/h4-10H,3,11,17H2,1-2H3. The van der Waals surface area contributed by atoms with Gasteiger partial charge in [0.05, 0.1) is 0 Å². The van der Waals surface area contributed by atoms with Crippen LogP contribution < -0.4 is 10.5 Å². The van der Waals surface area contributed by atoms with Gasteiger partial charge < -0.3 is 10.5 Å². The average Bonchev–Trinajstić information content (AvgIpc) is 2.39. The number of hydrogen-bond donors (Lipinski definition) is 1. The van der Waals surface area contributed by atoms with Crippen LogP contribution in [0, 0.1) is 6.92 Å². The topological polar surface area (TPSA) is 35.2 Å². The summed E-state index contributed by atoms with van der Waals surface area (Å²) in [5.74, 6) is 1.80. The minimum absolute atomic E-state index is 0.567. The molecule has 2 rings (SSSR count). The van der Waals surface area contributed by atoms with Crippen molar-refractivity contribution in [2.45, 2.75) is 26.8 Å². The zero-order valence-corrected chi connectivity index (χ0v) is 10.9. The van der Waals surface area contributed by atoms with Crippen molar-refractivity contribution in [2.24, 2.45) is 5.73 Å². The molecule has 2 aromatic rings. The minimum atomic E-state index is 0.567. The van der Waals surface area contributed by atoms with Crippen LogP contribution in [-0.4, -0.2) is 0 Å². The van der Waals surface area contributed by atoms with Crippen LogP contribution in [0.25, 0.3) is 0 Å². The van der Waals surface area contributed by atoms with Crippen LogP contribution in [0.1, 0.15) is 23.6 Å². The Balaban J connectivity index is 2.26. The molecule has 0 aliphatic rings. The summed E-state index contributed by atoms with van der Waals surface area (Å²) in [6.45, 7) is 4.75. The molecule has 18 heavy (non-hydrogen) atoms. The maximum atomic E-state index is 5.94. The number of para-hydroxylation sites is 1. The second-order valence-corrected chi connectivity index (χ2v) is 4.36.